The number of halogens is 1. The number of aromatic nitrogens is 1. The number of ether oxygens (including phenoxy) is 1. The van der Waals surface area contributed by atoms with E-state index in [1.54, 1.807) is 7.11 Å². The zero-order chi connectivity index (χ0) is 19.9. The van der Waals surface area contributed by atoms with E-state index in [4.69, 9.17) is 14.9 Å². The molecule has 0 radical (unpaired) electrons. The van der Waals surface area contributed by atoms with Gasteiger partial charge in [0.2, 0.25) is 5.89 Å². The van der Waals surface area contributed by atoms with Gasteiger partial charge in [-0.05, 0) is 51.8 Å². The van der Waals surface area contributed by atoms with Gasteiger partial charge >= 0.3 is 0 Å². The molecule has 0 aliphatic carbocycles. The summed E-state index contributed by atoms with van der Waals surface area (Å²) in [5, 5.41) is 3.20. The van der Waals surface area contributed by atoms with Gasteiger partial charge in [0.15, 0.2) is 5.96 Å². The SMILES string of the molecule is COCc1ccccc1NC(N)=NCC1CCN(Cc2nc(C)c(C)o2)CC1.I. The number of likely N-dealkylation sites (tertiary alicyclic amines) is 1. The molecule has 0 atom stereocenters. The van der Waals surface area contributed by atoms with E-state index in [0.29, 0.717) is 18.5 Å². The second kappa shape index (κ2) is 11.5. The summed E-state index contributed by atoms with van der Waals surface area (Å²) in [6.45, 7) is 8.08. The number of hydrogen-bond acceptors (Lipinski definition) is 5. The molecule has 0 bridgehead atoms. The number of rotatable bonds is 7. The normalized spacial score (nSPS) is 15.9. The van der Waals surface area contributed by atoms with Crippen molar-refractivity contribution in [3.8, 4) is 0 Å². The molecule has 29 heavy (non-hydrogen) atoms. The Bertz CT molecular complexity index is 781. The minimum atomic E-state index is 0. The lowest BCUT2D eigenvalue weighted by atomic mass is 9.97. The molecule has 160 valence electrons. The van der Waals surface area contributed by atoms with Crippen LogP contribution < -0.4 is 11.1 Å². The number of guanidine groups is 1. The van der Waals surface area contributed by atoms with Crippen LogP contribution in [-0.2, 0) is 17.9 Å². The Balaban J connectivity index is 0.00000300. The van der Waals surface area contributed by atoms with Crippen LogP contribution in [0.2, 0.25) is 0 Å². The second-order valence-electron chi connectivity index (χ2n) is 7.41. The molecule has 1 aliphatic heterocycles. The van der Waals surface area contributed by atoms with Crippen molar-refractivity contribution in [2.45, 2.75) is 39.8 Å². The zero-order valence-electron chi connectivity index (χ0n) is 17.5. The number of methoxy groups -OCH3 is 1. The Morgan fingerprint density at radius 2 is 2.03 bits per heavy atom. The number of piperidine rings is 1. The van der Waals surface area contributed by atoms with Gasteiger partial charge in [0.25, 0.3) is 0 Å². The summed E-state index contributed by atoms with van der Waals surface area (Å²) in [6.07, 6.45) is 2.21. The van der Waals surface area contributed by atoms with Gasteiger partial charge in [0, 0.05) is 24.9 Å². The van der Waals surface area contributed by atoms with Crippen molar-refractivity contribution in [1.29, 1.82) is 0 Å². The molecule has 0 saturated carbocycles. The monoisotopic (exact) mass is 513 g/mol. The van der Waals surface area contributed by atoms with E-state index in [-0.39, 0.29) is 24.0 Å². The van der Waals surface area contributed by atoms with Gasteiger partial charge in [0.1, 0.15) is 5.76 Å². The van der Waals surface area contributed by atoms with Crippen LogP contribution in [0.25, 0.3) is 0 Å². The van der Waals surface area contributed by atoms with Crippen LogP contribution in [-0.4, -0.2) is 42.6 Å². The summed E-state index contributed by atoms with van der Waals surface area (Å²) < 4.78 is 10.9. The molecule has 7 nitrogen and oxygen atoms in total. The molecule has 0 unspecified atom stereocenters. The molecule has 2 heterocycles. The molecule has 1 fully saturated rings. The molecule has 0 amide bonds. The van der Waals surface area contributed by atoms with Crippen molar-refractivity contribution >= 4 is 35.6 Å². The predicted octanol–water partition coefficient (Wildman–Crippen LogP) is 3.69. The number of oxazole rings is 1. The summed E-state index contributed by atoms with van der Waals surface area (Å²) in [5.41, 5.74) is 9.09. The highest BCUT2D eigenvalue weighted by atomic mass is 127. The average molecular weight is 513 g/mol. The Labute approximate surface area is 190 Å². The largest absolute Gasteiger partial charge is 0.444 e. The van der Waals surface area contributed by atoms with E-state index in [9.17, 15) is 0 Å². The minimum absolute atomic E-state index is 0. The summed E-state index contributed by atoms with van der Waals surface area (Å²) in [6, 6.07) is 7.97. The molecule has 3 rings (SSSR count). The maximum atomic E-state index is 6.10. The fraction of sp³-hybridized carbons (Fsp3) is 0.524. The summed E-state index contributed by atoms with van der Waals surface area (Å²) in [5.74, 6) is 2.74. The third-order valence-electron chi connectivity index (χ3n) is 5.24. The molecule has 1 aromatic heterocycles. The van der Waals surface area contributed by atoms with Gasteiger partial charge in [-0.25, -0.2) is 4.98 Å². The van der Waals surface area contributed by atoms with Crippen LogP contribution >= 0.6 is 24.0 Å². The first-order valence-electron chi connectivity index (χ1n) is 9.84. The smallest absolute Gasteiger partial charge is 0.208 e. The molecule has 1 aliphatic rings. The number of aryl methyl sites for hydroxylation is 2. The highest BCUT2D eigenvalue weighted by Crippen LogP contribution is 2.20. The molecule has 1 aromatic carbocycles. The molecule has 0 spiro atoms. The maximum Gasteiger partial charge on any atom is 0.208 e. The number of nitrogens with one attached hydrogen (secondary N) is 1. The first-order chi connectivity index (χ1) is 13.5. The Kier molecular flexibility index (Phi) is 9.38. The highest BCUT2D eigenvalue weighted by Gasteiger charge is 2.20. The van der Waals surface area contributed by atoms with Crippen molar-refractivity contribution in [2.75, 3.05) is 32.1 Å². The van der Waals surface area contributed by atoms with E-state index in [1.165, 1.54) is 0 Å². The summed E-state index contributed by atoms with van der Waals surface area (Å²) in [4.78, 5) is 11.4. The molecular weight excluding hydrogens is 481 g/mol. The van der Waals surface area contributed by atoms with E-state index >= 15 is 0 Å². The van der Waals surface area contributed by atoms with E-state index < -0.39 is 0 Å². The van der Waals surface area contributed by atoms with Crippen LogP contribution in [0.15, 0.2) is 33.7 Å². The van der Waals surface area contributed by atoms with Gasteiger partial charge in [-0.2, -0.15) is 0 Å². The summed E-state index contributed by atoms with van der Waals surface area (Å²) in [7, 11) is 1.69. The van der Waals surface area contributed by atoms with Gasteiger partial charge in [0.05, 0.1) is 18.8 Å². The van der Waals surface area contributed by atoms with Crippen molar-refractivity contribution in [1.82, 2.24) is 9.88 Å². The van der Waals surface area contributed by atoms with E-state index in [0.717, 1.165) is 67.6 Å². The minimum Gasteiger partial charge on any atom is -0.444 e. The fourth-order valence-electron chi connectivity index (χ4n) is 3.45. The molecular formula is C21H32IN5O2. The van der Waals surface area contributed by atoms with Gasteiger partial charge in [-0.1, -0.05) is 18.2 Å². The topological polar surface area (TPSA) is 88.9 Å². The lowest BCUT2D eigenvalue weighted by molar-refractivity contribution is 0.166. The van der Waals surface area contributed by atoms with Crippen molar-refractivity contribution in [3.63, 3.8) is 0 Å². The number of hydrogen-bond donors (Lipinski definition) is 2. The lowest BCUT2D eigenvalue weighted by Gasteiger charge is -2.30. The zero-order valence-corrected chi connectivity index (χ0v) is 19.8. The third kappa shape index (κ3) is 6.97. The predicted molar refractivity (Wildman–Crippen MR) is 127 cm³/mol. The quantitative estimate of drug-likeness (QED) is 0.334. The van der Waals surface area contributed by atoms with E-state index in [2.05, 4.69) is 20.2 Å². The van der Waals surface area contributed by atoms with Crippen LogP contribution in [0.4, 0.5) is 5.69 Å². The second-order valence-corrected chi connectivity index (χ2v) is 7.41. The molecule has 2 aromatic rings. The number of nitrogens with two attached hydrogens (primary N) is 1. The number of aliphatic imine (C=N–C) groups is 1. The van der Waals surface area contributed by atoms with Crippen LogP contribution in [0.3, 0.4) is 0 Å². The lowest BCUT2D eigenvalue weighted by Crippen LogP contribution is -2.34. The van der Waals surface area contributed by atoms with Gasteiger partial charge < -0.3 is 20.2 Å². The number of nitrogens with zero attached hydrogens (tertiary/aromatic N) is 3. The van der Waals surface area contributed by atoms with Gasteiger partial charge in [-0.15, -0.1) is 24.0 Å². The summed E-state index contributed by atoms with van der Waals surface area (Å²) >= 11 is 0. The van der Waals surface area contributed by atoms with Crippen molar-refractivity contribution in [3.05, 3.63) is 47.2 Å². The number of anilines is 1. The first-order valence-corrected chi connectivity index (χ1v) is 9.84. The van der Waals surface area contributed by atoms with Gasteiger partial charge in [-0.3, -0.25) is 9.89 Å². The standard InChI is InChI=1S/C21H31N5O2.HI/c1-15-16(2)28-20(24-15)13-26-10-8-17(9-11-26)12-23-21(22)25-19-7-5-4-6-18(19)14-27-3;/h4-7,17H,8-14H2,1-3H3,(H3,22,23,25);1H. The number of benzene rings is 1. The maximum absolute atomic E-state index is 6.10. The van der Waals surface area contributed by atoms with E-state index in [1.807, 2.05) is 38.1 Å². The fourth-order valence-corrected chi connectivity index (χ4v) is 3.45. The van der Waals surface area contributed by atoms with Crippen LogP contribution in [0, 0.1) is 19.8 Å². The Morgan fingerprint density at radius 1 is 1.31 bits per heavy atom. The van der Waals surface area contributed by atoms with Crippen molar-refractivity contribution < 1.29 is 9.15 Å². The molecule has 3 N–H and O–H groups in total. The highest BCUT2D eigenvalue weighted by molar-refractivity contribution is 14.0. The first kappa shape index (κ1) is 23.6. The average Bonchev–Trinajstić information content (AvgIpc) is 3.00. The van der Waals surface area contributed by atoms with Crippen LogP contribution in [0.5, 0.6) is 0 Å². The Morgan fingerprint density at radius 3 is 2.69 bits per heavy atom. The molecule has 8 heteroatoms. The van der Waals surface area contributed by atoms with Crippen LogP contribution in [0.1, 0.15) is 35.7 Å². The molecule has 1 saturated heterocycles. The third-order valence-corrected chi connectivity index (χ3v) is 5.24. The Hall–Kier alpha value is -1.65. The van der Waals surface area contributed by atoms with Crippen molar-refractivity contribution in [2.24, 2.45) is 16.6 Å². The number of para-hydroxylation sites is 1.